The Balaban J connectivity index is 1.72. The van der Waals surface area contributed by atoms with Gasteiger partial charge < -0.3 is 15.4 Å². The van der Waals surface area contributed by atoms with Gasteiger partial charge in [-0.1, -0.05) is 12.1 Å². The number of aromatic nitrogens is 1. The number of nitrogens with two attached hydrogens (primary N) is 1. The van der Waals surface area contributed by atoms with Gasteiger partial charge in [-0.3, -0.25) is 4.79 Å². The van der Waals surface area contributed by atoms with E-state index in [0.29, 0.717) is 31.9 Å². The quantitative estimate of drug-likeness (QED) is 0.938. The van der Waals surface area contributed by atoms with Gasteiger partial charge in [0.15, 0.2) is 0 Å². The molecule has 0 radical (unpaired) electrons. The highest BCUT2D eigenvalue weighted by molar-refractivity contribution is 7.09. The van der Waals surface area contributed by atoms with Crippen LogP contribution in [0.5, 0.6) is 0 Å². The van der Waals surface area contributed by atoms with Crippen LogP contribution in [0.25, 0.3) is 0 Å². The second-order valence-electron chi connectivity index (χ2n) is 4.99. The molecule has 1 aromatic heterocycles. The second kappa shape index (κ2) is 6.51. The van der Waals surface area contributed by atoms with Gasteiger partial charge in [-0.25, -0.2) is 9.37 Å². The Morgan fingerprint density at radius 2 is 2.23 bits per heavy atom. The van der Waals surface area contributed by atoms with Gasteiger partial charge in [0, 0.05) is 18.5 Å². The zero-order chi connectivity index (χ0) is 15.5. The number of thiazole rings is 1. The van der Waals surface area contributed by atoms with Crippen LogP contribution in [0.1, 0.15) is 27.2 Å². The predicted molar refractivity (Wildman–Crippen MR) is 81.0 cm³/mol. The van der Waals surface area contributed by atoms with E-state index in [-0.39, 0.29) is 17.8 Å². The summed E-state index contributed by atoms with van der Waals surface area (Å²) in [5.41, 5.74) is 6.81. The lowest BCUT2D eigenvalue weighted by atomic mass is 10.1. The molecule has 1 unspecified atom stereocenters. The van der Waals surface area contributed by atoms with Crippen LogP contribution in [-0.4, -0.2) is 35.5 Å². The van der Waals surface area contributed by atoms with Crippen molar-refractivity contribution >= 4 is 17.2 Å². The summed E-state index contributed by atoms with van der Waals surface area (Å²) in [4.78, 5) is 18.4. The Labute approximate surface area is 131 Å². The largest absolute Gasteiger partial charge is 0.370 e. The zero-order valence-electron chi connectivity index (χ0n) is 11.9. The maximum absolute atomic E-state index is 13.0. The Bertz CT molecular complexity index is 659. The number of carbonyl (C=O) groups excluding carboxylic acids is 1. The van der Waals surface area contributed by atoms with E-state index in [2.05, 4.69) is 4.98 Å². The minimum absolute atomic E-state index is 0.119. The summed E-state index contributed by atoms with van der Waals surface area (Å²) in [6.45, 7) is 1.73. The maximum Gasteiger partial charge on any atom is 0.273 e. The molecule has 1 aliphatic rings. The number of carbonyl (C=O) groups is 1. The van der Waals surface area contributed by atoms with E-state index in [1.165, 1.54) is 23.5 Å². The Kier molecular flexibility index (Phi) is 4.47. The highest BCUT2D eigenvalue weighted by Crippen LogP contribution is 2.23. The molecule has 1 fully saturated rings. The fraction of sp³-hybridized carbons (Fsp3) is 0.333. The lowest BCUT2D eigenvalue weighted by molar-refractivity contribution is -0.0230. The van der Waals surface area contributed by atoms with Crippen LogP contribution in [0.2, 0.25) is 0 Å². The first kappa shape index (κ1) is 15.1. The summed E-state index contributed by atoms with van der Waals surface area (Å²) >= 11 is 1.38. The first-order valence-electron chi connectivity index (χ1n) is 6.98. The molecule has 7 heteroatoms. The molecule has 0 aliphatic carbocycles. The van der Waals surface area contributed by atoms with Crippen molar-refractivity contribution in [2.24, 2.45) is 5.73 Å². The lowest BCUT2D eigenvalue weighted by Gasteiger charge is -2.32. The molecule has 1 aromatic carbocycles. The van der Waals surface area contributed by atoms with Crippen molar-refractivity contribution in [3.8, 4) is 0 Å². The third-order valence-electron chi connectivity index (χ3n) is 3.54. The van der Waals surface area contributed by atoms with E-state index in [9.17, 15) is 9.18 Å². The van der Waals surface area contributed by atoms with Crippen LogP contribution in [0.15, 0.2) is 29.6 Å². The van der Waals surface area contributed by atoms with Crippen LogP contribution in [-0.2, 0) is 11.3 Å². The average Bonchev–Trinajstić information content (AvgIpc) is 3.04. The molecule has 1 aliphatic heterocycles. The first-order chi connectivity index (χ1) is 10.7. The van der Waals surface area contributed by atoms with Crippen LogP contribution in [0.3, 0.4) is 0 Å². The minimum atomic E-state index is -0.288. The number of amides is 1. The van der Waals surface area contributed by atoms with Gasteiger partial charge in [0.2, 0.25) is 0 Å². The Morgan fingerprint density at radius 1 is 1.45 bits per heavy atom. The first-order valence-corrected chi connectivity index (χ1v) is 7.86. The van der Waals surface area contributed by atoms with E-state index >= 15 is 0 Å². The fourth-order valence-electron chi connectivity index (χ4n) is 2.38. The molecule has 3 rings (SSSR count). The zero-order valence-corrected chi connectivity index (χ0v) is 12.7. The number of ether oxygens (including phenoxy) is 1. The Morgan fingerprint density at radius 3 is 2.91 bits per heavy atom. The number of rotatable bonds is 3. The van der Waals surface area contributed by atoms with Gasteiger partial charge in [-0.2, -0.15) is 0 Å². The van der Waals surface area contributed by atoms with Gasteiger partial charge in [-0.15, -0.1) is 11.3 Å². The lowest BCUT2D eigenvalue weighted by Crippen LogP contribution is -2.42. The van der Waals surface area contributed by atoms with Crippen LogP contribution < -0.4 is 5.73 Å². The molecule has 2 aromatic rings. The van der Waals surface area contributed by atoms with Gasteiger partial charge in [-0.05, 0) is 17.7 Å². The van der Waals surface area contributed by atoms with Crippen molar-refractivity contribution in [3.05, 3.63) is 51.7 Å². The van der Waals surface area contributed by atoms with Crippen molar-refractivity contribution in [1.82, 2.24) is 9.88 Å². The molecule has 2 heterocycles. The third kappa shape index (κ3) is 3.16. The minimum Gasteiger partial charge on any atom is -0.370 e. The van der Waals surface area contributed by atoms with E-state index in [1.54, 1.807) is 22.4 Å². The van der Waals surface area contributed by atoms with Crippen LogP contribution in [0.4, 0.5) is 4.39 Å². The molecule has 0 spiro atoms. The highest BCUT2D eigenvalue weighted by Gasteiger charge is 2.27. The smallest absolute Gasteiger partial charge is 0.273 e. The molecule has 0 bridgehead atoms. The normalized spacial score (nSPS) is 18.5. The molecular formula is C15H16FN3O2S. The average molecular weight is 321 g/mol. The number of hydrogen-bond acceptors (Lipinski definition) is 5. The van der Waals surface area contributed by atoms with Crippen molar-refractivity contribution in [2.75, 3.05) is 19.7 Å². The van der Waals surface area contributed by atoms with Crippen LogP contribution >= 0.6 is 11.3 Å². The number of nitrogens with zero attached hydrogens (tertiary/aromatic N) is 2. The van der Waals surface area contributed by atoms with E-state index < -0.39 is 0 Å². The predicted octanol–water partition coefficient (Wildman–Crippen LogP) is 1.95. The van der Waals surface area contributed by atoms with Gasteiger partial charge >= 0.3 is 0 Å². The number of halogens is 1. The standard InChI is InChI=1S/C15H16FN3O2S/c16-11-3-1-10(2-4-11)13-8-19(5-6-21-13)15(20)12-9-22-14(7-17)18-12/h1-4,9,13H,5-8,17H2. The van der Waals surface area contributed by atoms with E-state index in [1.807, 2.05) is 0 Å². The fourth-order valence-corrected chi connectivity index (χ4v) is 3.03. The molecule has 2 N–H and O–H groups in total. The van der Waals surface area contributed by atoms with E-state index in [0.717, 1.165) is 10.6 Å². The molecule has 1 atom stereocenters. The summed E-state index contributed by atoms with van der Waals surface area (Å²) < 4.78 is 18.7. The molecule has 116 valence electrons. The van der Waals surface area contributed by atoms with Gasteiger partial charge in [0.1, 0.15) is 22.6 Å². The number of benzene rings is 1. The van der Waals surface area contributed by atoms with E-state index in [4.69, 9.17) is 10.5 Å². The Hall–Kier alpha value is -1.83. The highest BCUT2D eigenvalue weighted by atomic mass is 32.1. The van der Waals surface area contributed by atoms with Crippen molar-refractivity contribution in [1.29, 1.82) is 0 Å². The van der Waals surface area contributed by atoms with Crippen molar-refractivity contribution in [3.63, 3.8) is 0 Å². The molecule has 5 nitrogen and oxygen atoms in total. The molecular weight excluding hydrogens is 305 g/mol. The number of hydrogen-bond donors (Lipinski definition) is 1. The van der Waals surface area contributed by atoms with Gasteiger partial charge in [0.25, 0.3) is 5.91 Å². The molecule has 22 heavy (non-hydrogen) atoms. The summed E-state index contributed by atoms with van der Waals surface area (Å²) in [7, 11) is 0. The van der Waals surface area contributed by atoms with Crippen molar-refractivity contribution < 1.29 is 13.9 Å². The third-order valence-corrected chi connectivity index (χ3v) is 4.41. The monoisotopic (exact) mass is 321 g/mol. The van der Waals surface area contributed by atoms with Crippen molar-refractivity contribution in [2.45, 2.75) is 12.6 Å². The summed E-state index contributed by atoms with van der Waals surface area (Å²) in [5, 5.41) is 2.47. The summed E-state index contributed by atoms with van der Waals surface area (Å²) in [5.74, 6) is -0.407. The van der Waals surface area contributed by atoms with Gasteiger partial charge in [0.05, 0.1) is 13.2 Å². The summed E-state index contributed by atoms with van der Waals surface area (Å²) in [6, 6.07) is 6.16. The summed E-state index contributed by atoms with van der Waals surface area (Å²) in [6.07, 6.45) is -0.245. The number of morpholine rings is 1. The molecule has 0 saturated carbocycles. The molecule has 1 amide bonds. The second-order valence-corrected chi connectivity index (χ2v) is 5.94. The maximum atomic E-state index is 13.0. The topological polar surface area (TPSA) is 68.5 Å². The molecule has 1 saturated heterocycles. The SMILES string of the molecule is NCc1nc(C(=O)N2CCOC(c3ccc(F)cc3)C2)cs1. The van der Waals surface area contributed by atoms with Crippen LogP contribution in [0, 0.1) is 5.82 Å².